The summed E-state index contributed by atoms with van der Waals surface area (Å²) in [6.45, 7) is 8.15. The normalized spacial score (nSPS) is 11.4. The van der Waals surface area contributed by atoms with Crippen LogP contribution in [0.15, 0.2) is 6.20 Å². The van der Waals surface area contributed by atoms with E-state index in [1.54, 1.807) is 0 Å². The molecule has 1 aromatic rings. The van der Waals surface area contributed by atoms with Gasteiger partial charge in [0.2, 0.25) is 0 Å². The van der Waals surface area contributed by atoms with Crippen molar-refractivity contribution in [1.82, 2.24) is 15.0 Å². The molecule has 0 aliphatic carbocycles. The summed E-state index contributed by atoms with van der Waals surface area (Å²) in [5, 5.41) is 16.6. The van der Waals surface area contributed by atoms with Gasteiger partial charge in [0.25, 0.3) is 0 Å². The van der Waals surface area contributed by atoms with Crippen LogP contribution in [0.25, 0.3) is 0 Å². The van der Waals surface area contributed by atoms with Crippen LogP contribution in [0.3, 0.4) is 0 Å². The van der Waals surface area contributed by atoms with Gasteiger partial charge in [-0.05, 0) is 12.3 Å². The zero-order valence-electron chi connectivity index (χ0n) is 13.0. The molecule has 0 spiro atoms. The van der Waals surface area contributed by atoms with E-state index in [9.17, 15) is 0 Å². The van der Waals surface area contributed by atoms with E-state index in [1.165, 1.54) is 0 Å². The molecular weight excluding hydrogens is 274 g/mol. The summed E-state index contributed by atoms with van der Waals surface area (Å²) < 4.78 is 17.7. The summed E-state index contributed by atoms with van der Waals surface area (Å²) in [5.74, 6) is 0.660. The Morgan fingerprint density at radius 1 is 1.10 bits per heavy atom. The van der Waals surface area contributed by atoms with Crippen molar-refractivity contribution >= 4 is 0 Å². The molecule has 0 atom stereocenters. The smallest absolute Gasteiger partial charge is 0.108 e. The van der Waals surface area contributed by atoms with Crippen molar-refractivity contribution in [1.29, 1.82) is 0 Å². The number of hydrogen-bond acceptors (Lipinski definition) is 6. The summed E-state index contributed by atoms with van der Waals surface area (Å²) in [7, 11) is 0. The summed E-state index contributed by atoms with van der Waals surface area (Å²) in [6, 6.07) is 0. The van der Waals surface area contributed by atoms with Gasteiger partial charge in [0.1, 0.15) is 5.69 Å². The minimum atomic E-state index is 0.0426. The largest absolute Gasteiger partial charge is 0.394 e. The van der Waals surface area contributed by atoms with Crippen molar-refractivity contribution < 1.29 is 19.3 Å². The summed E-state index contributed by atoms with van der Waals surface area (Å²) in [5.41, 5.74) is 0.838. The maximum atomic E-state index is 8.51. The summed E-state index contributed by atoms with van der Waals surface area (Å²) in [6.07, 6.45) is 3.02. The highest BCUT2D eigenvalue weighted by atomic mass is 16.5. The Kier molecular flexibility index (Phi) is 9.98. The van der Waals surface area contributed by atoms with E-state index in [4.69, 9.17) is 19.3 Å². The fraction of sp³-hybridized carbons (Fsp3) is 0.857. The first kappa shape index (κ1) is 18.0. The molecule has 0 radical (unpaired) electrons. The molecule has 0 bridgehead atoms. The number of aromatic nitrogens is 3. The number of aliphatic hydroxyl groups excluding tert-OH is 1. The minimum absolute atomic E-state index is 0.0426. The third-order valence-electron chi connectivity index (χ3n) is 2.75. The zero-order chi connectivity index (χ0) is 15.3. The van der Waals surface area contributed by atoms with Crippen molar-refractivity contribution in [3.63, 3.8) is 0 Å². The predicted molar refractivity (Wildman–Crippen MR) is 77.9 cm³/mol. The maximum Gasteiger partial charge on any atom is 0.108 e. The van der Waals surface area contributed by atoms with Gasteiger partial charge in [0.05, 0.1) is 52.4 Å². The predicted octanol–water partition coefficient (Wildman–Crippen LogP) is 0.866. The van der Waals surface area contributed by atoms with Crippen LogP contribution >= 0.6 is 0 Å². The molecule has 0 amide bonds. The van der Waals surface area contributed by atoms with Gasteiger partial charge >= 0.3 is 0 Å². The van der Waals surface area contributed by atoms with Gasteiger partial charge in [0.15, 0.2) is 0 Å². The fourth-order valence-corrected chi connectivity index (χ4v) is 1.59. The topological polar surface area (TPSA) is 78.6 Å². The molecule has 0 aromatic carbocycles. The van der Waals surface area contributed by atoms with Gasteiger partial charge in [-0.1, -0.05) is 19.1 Å². The molecule has 0 fully saturated rings. The van der Waals surface area contributed by atoms with E-state index < -0.39 is 0 Å². The summed E-state index contributed by atoms with van der Waals surface area (Å²) in [4.78, 5) is 0. The van der Waals surface area contributed by atoms with E-state index in [0.29, 0.717) is 45.6 Å². The highest BCUT2D eigenvalue weighted by Gasteiger charge is 2.02. The Bertz CT molecular complexity index is 358. The van der Waals surface area contributed by atoms with Crippen LogP contribution in [0.4, 0.5) is 0 Å². The van der Waals surface area contributed by atoms with E-state index in [-0.39, 0.29) is 6.61 Å². The van der Waals surface area contributed by atoms with Crippen molar-refractivity contribution in [2.45, 2.75) is 33.4 Å². The van der Waals surface area contributed by atoms with Crippen LogP contribution in [0, 0.1) is 5.92 Å². The van der Waals surface area contributed by atoms with Crippen molar-refractivity contribution in [3.8, 4) is 0 Å². The summed E-state index contributed by atoms with van der Waals surface area (Å²) >= 11 is 0. The first-order valence-electron chi connectivity index (χ1n) is 7.45. The third kappa shape index (κ3) is 9.52. The fourth-order valence-electron chi connectivity index (χ4n) is 1.59. The van der Waals surface area contributed by atoms with Gasteiger partial charge in [0, 0.05) is 6.54 Å². The average molecular weight is 301 g/mol. The molecule has 7 nitrogen and oxygen atoms in total. The van der Waals surface area contributed by atoms with E-state index in [1.807, 2.05) is 10.9 Å². The Labute approximate surface area is 126 Å². The Morgan fingerprint density at radius 3 is 2.43 bits per heavy atom. The molecule has 0 aliphatic heterocycles. The standard InChI is InChI=1S/C14H27N3O4/c1-13(2)3-4-17-11-14(15-16-17)12-21-10-9-20-8-7-19-6-5-18/h11,13,18H,3-10,12H2,1-2H3. The van der Waals surface area contributed by atoms with Crippen LogP contribution < -0.4 is 0 Å². The van der Waals surface area contributed by atoms with Gasteiger partial charge in [-0.15, -0.1) is 5.10 Å². The molecule has 1 N–H and O–H groups in total. The van der Waals surface area contributed by atoms with E-state index in [2.05, 4.69) is 24.2 Å². The van der Waals surface area contributed by atoms with Crippen LogP contribution in [-0.4, -0.2) is 59.7 Å². The van der Waals surface area contributed by atoms with Crippen molar-refractivity contribution in [2.75, 3.05) is 39.6 Å². The number of hydrogen-bond donors (Lipinski definition) is 1. The lowest BCUT2D eigenvalue weighted by Crippen LogP contribution is -2.10. The Balaban J connectivity index is 1.97. The lowest BCUT2D eigenvalue weighted by molar-refractivity contribution is 0.00403. The number of rotatable bonds is 13. The second-order valence-corrected chi connectivity index (χ2v) is 5.16. The minimum Gasteiger partial charge on any atom is -0.394 e. The third-order valence-corrected chi connectivity index (χ3v) is 2.75. The molecule has 0 saturated heterocycles. The molecule has 0 aliphatic rings. The molecule has 1 aromatic heterocycles. The van der Waals surface area contributed by atoms with Gasteiger partial charge < -0.3 is 19.3 Å². The highest BCUT2D eigenvalue weighted by Crippen LogP contribution is 2.03. The quantitative estimate of drug-likeness (QED) is 0.545. The lowest BCUT2D eigenvalue weighted by atomic mass is 10.1. The van der Waals surface area contributed by atoms with E-state index >= 15 is 0 Å². The lowest BCUT2D eigenvalue weighted by Gasteiger charge is -2.05. The van der Waals surface area contributed by atoms with Gasteiger partial charge in [-0.25, -0.2) is 0 Å². The Hall–Kier alpha value is -1.02. The first-order valence-corrected chi connectivity index (χ1v) is 7.45. The molecule has 122 valence electrons. The zero-order valence-corrected chi connectivity index (χ0v) is 13.0. The van der Waals surface area contributed by atoms with Crippen molar-refractivity contribution in [2.24, 2.45) is 5.92 Å². The molecule has 0 unspecified atom stereocenters. The molecule has 1 heterocycles. The number of aryl methyl sites for hydroxylation is 1. The second-order valence-electron chi connectivity index (χ2n) is 5.16. The maximum absolute atomic E-state index is 8.51. The van der Waals surface area contributed by atoms with Crippen LogP contribution in [-0.2, 0) is 27.4 Å². The average Bonchev–Trinajstić information content (AvgIpc) is 2.91. The number of aliphatic hydroxyl groups is 1. The number of ether oxygens (including phenoxy) is 3. The van der Waals surface area contributed by atoms with Crippen LogP contribution in [0.1, 0.15) is 26.0 Å². The van der Waals surface area contributed by atoms with Crippen LogP contribution in [0.5, 0.6) is 0 Å². The van der Waals surface area contributed by atoms with Gasteiger partial charge in [-0.2, -0.15) is 0 Å². The SMILES string of the molecule is CC(C)CCn1cc(COCCOCCOCCO)nn1. The highest BCUT2D eigenvalue weighted by molar-refractivity contribution is 4.89. The van der Waals surface area contributed by atoms with E-state index in [0.717, 1.165) is 18.7 Å². The first-order chi connectivity index (χ1) is 10.2. The van der Waals surface area contributed by atoms with Crippen molar-refractivity contribution in [3.05, 3.63) is 11.9 Å². The molecular formula is C14H27N3O4. The molecule has 7 heteroatoms. The monoisotopic (exact) mass is 301 g/mol. The van der Waals surface area contributed by atoms with Crippen LogP contribution in [0.2, 0.25) is 0 Å². The second kappa shape index (κ2) is 11.6. The number of nitrogens with zero attached hydrogens (tertiary/aromatic N) is 3. The molecule has 21 heavy (non-hydrogen) atoms. The molecule has 0 saturated carbocycles. The molecule has 1 rings (SSSR count). The van der Waals surface area contributed by atoms with Gasteiger partial charge in [-0.3, -0.25) is 4.68 Å². The Morgan fingerprint density at radius 2 is 1.76 bits per heavy atom.